The molecule has 0 aliphatic heterocycles. The number of aryl methyl sites for hydroxylation is 2. The molecule has 0 bridgehead atoms. The van der Waals surface area contributed by atoms with Crippen LogP contribution in [0.4, 0.5) is 5.82 Å². The van der Waals surface area contributed by atoms with Crippen molar-refractivity contribution in [3.63, 3.8) is 0 Å². The van der Waals surface area contributed by atoms with Crippen molar-refractivity contribution in [2.24, 2.45) is 7.05 Å². The van der Waals surface area contributed by atoms with E-state index in [9.17, 15) is 0 Å². The maximum Gasteiger partial charge on any atom is 0.129 e. The molecule has 0 atom stereocenters. The summed E-state index contributed by atoms with van der Waals surface area (Å²) < 4.78 is 2.75. The first-order valence-corrected chi connectivity index (χ1v) is 5.84. The molecular weight excluding hydrogens is 266 g/mol. The van der Waals surface area contributed by atoms with E-state index in [1.807, 2.05) is 13.2 Å². The number of hydrogen-bond donors (Lipinski definition) is 1. The monoisotopic (exact) mass is 279 g/mol. The van der Waals surface area contributed by atoms with E-state index in [0.717, 1.165) is 15.6 Å². The van der Waals surface area contributed by atoms with Gasteiger partial charge in [0.15, 0.2) is 0 Å². The molecule has 84 valence electrons. The number of anilines is 1. The minimum atomic E-state index is 0.695. The Hall–Kier alpha value is -1.29. The van der Waals surface area contributed by atoms with Crippen molar-refractivity contribution in [2.45, 2.75) is 13.8 Å². The van der Waals surface area contributed by atoms with Crippen LogP contribution in [0.3, 0.4) is 0 Å². The lowest BCUT2D eigenvalue weighted by atomic mass is 9.99. The molecule has 1 aromatic heterocycles. The summed E-state index contributed by atoms with van der Waals surface area (Å²) in [6.45, 7) is 4.19. The molecule has 0 aliphatic carbocycles. The number of nitrogens with two attached hydrogens (primary N) is 1. The van der Waals surface area contributed by atoms with Gasteiger partial charge in [0.05, 0.1) is 6.20 Å². The molecule has 4 heteroatoms. The first-order valence-electron chi connectivity index (χ1n) is 5.05. The summed E-state index contributed by atoms with van der Waals surface area (Å²) in [5.74, 6) is 0.695. The molecule has 0 radical (unpaired) electrons. The molecule has 1 heterocycles. The van der Waals surface area contributed by atoms with Crippen molar-refractivity contribution < 1.29 is 0 Å². The standard InChI is InChI=1S/C12H14BrN3/c1-7-4-9(13)5-10(8(7)2)11-6-15-16(3)12(11)14/h4-6H,14H2,1-3H3. The highest BCUT2D eigenvalue weighted by molar-refractivity contribution is 9.10. The van der Waals surface area contributed by atoms with E-state index in [-0.39, 0.29) is 0 Å². The van der Waals surface area contributed by atoms with Gasteiger partial charge in [-0.2, -0.15) is 5.10 Å². The maximum absolute atomic E-state index is 5.99. The lowest BCUT2D eigenvalue weighted by Crippen LogP contribution is -1.98. The number of nitrogen functional groups attached to an aromatic ring is 1. The molecule has 0 amide bonds. The molecule has 2 rings (SSSR count). The van der Waals surface area contributed by atoms with E-state index in [2.05, 4.69) is 47.0 Å². The van der Waals surface area contributed by atoms with Crippen LogP contribution >= 0.6 is 15.9 Å². The normalized spacial score (nSPS) is 10.8. The van der Waals surface area contributed by atoms with Crippen LogP contribution in [-0.4, -0.2) is 9.78 Å². The third-order valence-electron chi connectivity index (χ3n) is 2.91. The zero-order chi connectivity index (χ0) is 11.9. The lowest BCUT2D eigenvalue weighted by molar-refractivity contribution is 0.779. The Morgan fingerprint density at radius 1 is 1.25 bits per heavy atom. The van der Waals surface area contributed by atoms with Gasteiger partial charge in [0.25, 0.3) is 0 Å². The molecule has 3 nitrogen and oxygen atoms in total. The zero-order valence-corrected chi connectivity index (χ0v) is 11.2. The summed E-state index contributed by atoms with van der Waals surface area (Å²) in [5, 5.41) is 4.17. The number of aromatic nitrogens is 2. The number of benzene rings is 1. The van der Waals surface area contributed by atoms with E-state index in [1.54, 1.807) is 4.68 Å². The van der Waals surface area contributed by atoms with Gasteiger partial charge in [-0.3, -0.25) is 4.68 Å². The van der Waals surface area contributed by atoms with E-state index < -0.39 is 0 Å². The van der Waals surface area contributed by atoms with Crippen LogP contribution in [0.15, 0.2) is 22.8 Å². The molecule has 1 aromatic carbocycles. The second-order valence-corrected chi connectivity index (χ2v) is 4.88. The maximum atomic E-state index is 5.99. The summed E-state index contributed by atoms with van der Waals surface area (Å²) in [7, 11) is 1.85. The number of nitrogens with zero attached hydrogens (tertiary/aromatic N) is 2. The van der Waals surface area contributed by atoms with Crippen LogP contribution in [-0.2, 0) is 7.05 Å². The van der Waals surface area contributed by atoms with Crippen molar-refractivity contribution in [1.29, 1.82) is 0 Å². The zero-order valence-electron chi connectivity index (χ0n) is 9.58. The largest absolute Gasteiger partial charge is 0.383 e. The Bertz CT molecular complexity index is 543. The second kappa shape index (κ2) is 3.94. The molecule has 2 aromatic rings. The Balaban J connectivity index is 2.69. The average Bonchev–Trinajstić information content (AvgIpc) is 2.54. The Morgan fingerprint density at radius 2 is 1.94 bits per heavy atom. The van der Waals surface area contributed by atoms with Crippen LogP contribution in [0.2, 0.25) is 0 Å². The molecule has 0 unspecified atom stereocenters. The van der Waals surface area contributed by atoms with E-state index >= 15 is 0 Å². The summed E-state index contributed by atoms with van der Waals surface area (Å²) in [5.41, 5.74) is 10.6. The van der Waals surface area contributed by atoms with Gasteiger partial charge < -0.3 is 5.73 Å². The first kappa shape index (κ1) is 11.2. The average molecular weight is 280 g/mol. The molecule has 0 aliphatic rings. The Kier molecular flexibility index (Phi) is 2.76. The fourth-order valence-electron chi connectivity index (χ4n) is 1.75. The SMILES string of the molecule is Cc1cc(Br)cc(-c2cnn(C)c2N)c1C. The highest BCUT2D eigenvalue weighted by atomic mass is 79.9. The molecule has 2 N–H and O–H groups in total. The summed E-state index contributed by atoms with van der Waals surface area (Å²) in [6.07, 6.45) is 1.81. The van der Waals surface area contributed by atoms with Crippen LogP contribution in [0.5, 0.6) is 0 Å². The highest BCUT2D eigenvalue weighted by Gasteiger charge is 2.11. The van der Waals surface area contributed by atoms with Gasteiger partial charge in [0.1, 0.15) is 5.82 Å². The van der Waals surface area contributed by atoms with Gasteiger partial charge in [-0.15, -0.1) is 0 Å². The Labute approximate surface area is 103 Å². The molecule has 0 fully saturated rings. The molecule has 0 saturated heterocycles. The predicted molar refractivity (Wildman–Crippen MR) is 70.2 cm³/mol. The second-order valence-electron chi connectivity index (χ2n) is 3.96. The Morgan fingerprint density at radius 3 is 2.50 bits per heavy atom. The first-order chi connectivity index (χ1) is 7.50. The van der Waals surface area contributed by atoms with Gasteiger partial charge in [0, 0.05) is 17.1 Å². The van der Waals surface area contributed by atoms with Crippen molar-refractivity contribution in [3.05, 3.63) is 33.9 Å². The van der Waals surface area contributed by atoms with Crippen molar-refractivity contribution >= 4 is 21.7 Å². The van der Waals surface area contributed by atoms with Crippen LogP contribution < -0.4 is 5.73 Å². The van der Waals surface area contributed by atoms with Crippen LogP contribution in [0.1, 0.15) is 11.1 Å². The third-order valence-corrected chi connectivity index (χ3v) is 3.36. The van der Waals surface area contributed by atoms with Gasteiger partial charge in [-0.05, 0) is 42.7 Å². The number of hydrogen-bond acceptors (Lipinski definition) is 2. The van der Waals surface area contributed by atoms with E-state index in [1.165, 1.54) is 11.1 Å². The third kappa shape index (κ3) is 1.73. The lowest BCUT2D eigenvalue weighted by Gasteiger charge is -2.09. The quantitative estimate of drug-likeness (QED) is 0.872. The van der Waals surface area contributed by atoms with Crippen molar-refractivity contribution in [3.8, 4) is 11.1 Å². The number of halogens is 1. The van der Waals surface area contributed by atoms with Crippen molar-refractivity contribution in [1.82, 2.24) is 9.78 Å². The molecule has 0 saturated carbocycles. The van der Waals surface area contributed by atoms with Crippen molar-refractivity contribution in [2.75, 3.05) is 5.73 Å². The predicted octanol–water partition coefficient (Wildman–Crippen LogP) is 3.05. The van der Waals surface area contributed by atoms with Gasteiger partial charge >= 0.3 is 0 Å². The summed E-state index contributed by atoms with van der Waals surface area (Å²) >= 11 is 3.51. The molecule has 16 heavy (non-hydrogen) atoms. The molecular formula is C12H14BrN3. The highest BCUT2D eigenvalue weighted by Crippen LogP contribution is 2.32. The number of rotatable bonds is 1. The van der Waals surface area contributed by atoms with E-state index in [0.29, 0.717) is 5.82 Å². The summed E-state index contributed by atoms with van der Waals surface area (Å²) in [6, 6.07) is 4.18. The van der Waals surface area contributed by atoms with Gasteiger partial charge in [0.2, 0.25) is 0 Å². The summed E-state index contributed by atoms with van der Waals surface area (Å²) in [4.78, 5) is 0. The van der Waals surface area contributed by atoms with E-state index in [4.69, 9.17) is 5.73 Å². The minimum Gasteiger partial charge on any atom is -0.383 e. The fraction of sp³-hybridized carbons (Fsp3) is 0.250. The molecule has 0 spiro atoms. The fourth-order valence-corrected chi connectivity index (χ4v) is 2.32. The topological polar surface area (TPSA) is 43.8 Å². The van der Waals surface area contributed by atoms with Gasteiger partial charge in [-0.1, -0.05) is 15.9 Å². The van der Waals surface area contributed by atoms with Gasteiger partial charge in [-0.25, -0.2) is 0 Å². The smallest absolute Gasteiger partial charge is 0.129 e. The minimum absolute atomic E-state index is 0.695. The van der Waals surface area contributed by atoms with Crippen LogP contribution in [0.25, 0.3) is 11.1 Å². The van der Waals surface area contributed by atoms with Crippen LogP contribution in [0, 0.1) is 13.8 Å².